The fourth-order valence-corrected chi connectivity index (χ4v) is 2.35. The molecule has 3 aromatic rings. The van der Waals surface area contributed by atoms with Crippen LogP contribution in [0.5, 0.6) is 0 Å². The predicted octanol–water partition coefficient (Wildman–Crippen LogP) is 4.30. The van der Waals surface area contributed by atoms with Crippen molar-refractivity contribution in [2.45, 2.75) is 0 Å². The summed E-state index contributed by atoms with van der Waals surface area (Å²) in [5, 5.41) is 7.43. The van der Waals surface area contributed by atoms with Crippen LogP contribution in [0.4, 0.5) is 0 Å². The third-order valence-corrected chi connectivity index (χ3v) is 3.50. The van der Waals surface area contributed by atoms with Crippen molar-refractivity contribution in [1.29, 1.82) is 5.41 Å². The number of nitrogens with one attached hydrogen (secondary N) is 1. The second-order valence-electron chi connectivity index (χ2n) is 4.94. The summed E-state index contributed by atoms with van der Waals surface area (Å²) in [6.07, 6.45) is 0. The first kappa shape index (κ1) is 13.1. The largest absolute Gasteiger partial charge is 0.384 e. The molecule has 102 valence electrons. The van der Waals surface area contributed by atoms with E-state index in [1.807, 2.05) is 42.5 Å². The molecule has 3 aromatic carbocycles. The molecule has 0 radical (unpaired) electrons. The van der Waals surface area contributed by atoms with E-state index in [9.17, 15) is 0 Å². The van der Waals surface area contributed by atoms with Crippen LogP contribution in [0.15, 0.2) is 78.9 Å². The number of nitrogens with two attached hydrogens (primary N) is 1. The molecular weight excluding hydrogens is 256 g/mol. The Hall–Kier alpha value is -2.87. The van der Waals surface area contributed by atoms with Crippen LogP contribution in [-0.4, -0.2) is 5.84 Å². The topological polar surface area (TPSA) is 49.9 Å². The van der Waals surface area contributed by atoms with Crippen molar-refractivity contribution in [1.82, 2.24) is 0 Å². The zero-order chi connectivity index (χ0) is 14.7. The molecule has 0 aliphatic carbocycles. The van der Waals surface area contributed by atoms with Crippen molar-refractivity contribution < 1.29 is 0 Å². The van der Waals surface area contributed by atoms with Crippen LogP contribution in [0.2, 0.25) is 0 Å². The lowest BCUT2D eigenvalue weighted by atomic mass is 9.98. The zero-order valence-electron chi connectivity index (χ0n) is 11.6. The number of amidine groups is 1. The van der Waals surface area contributed by atoms with Gasteiger partial charge in [-0.1, -0.05) is 72.8 Å². The Morgan fingerprint density at radius 2 is 1.14 bits per heavy atom. The first-order valence-corrected chi connectivity index (χ1v) is 6.84. The molecule has 0 fully saturated rings. The molecule has 21 heavy (non-hydrogen) atoms. The molecule has 0 heterocycles. The summed E-state index contributed by atoms with van der Waals surface area (Å²) < 4.78 is 0. The molecule has 0 aliphatic rings. The van der Waals surface area contributed by atoms with E-state index in [4.69, 9.17) is 11.1 Å². The van der Waals surface area contributed by atoms with E-state index in [-0.39, 0.29) is 5.84 Å². The summed E-state index contributed by atoms with van der Waals surface area (Å²) >= 11 is 0. The molecule has 0 bridgehead atoms. The van der Waals surface area contributed by atoms with Gasteiger partial charge in [0.25, 0.3) is 0 Å². The molecule has 0 amide bonds. The molecule has 0 aromatic heterocycles. The van der Waals surface area contributed by atoms with Crippen molar-refractivity contribution in [2.75, 3.05) is 0 Å². The number of hydrogen-bond donors (Lipinski definition) is 2. The summed E-state index contributed by atoms with van der Waals surface area (Å²) in [5.41, 5.74) is 10.9. The lowest BCUT2D eigenvalue weighted by Crippen LogP contribution is -2.10. The minimum absolute atomic E-state index is 0.0968. The van der Waals surface area contributed by atoms with Gasteiger partial charge < -0.3 is 5.73 Å². The molecule has 3 rings (SSSR count). The lowest BCUT2D eigenvalue weighted by molar-refractivity contribution is 1.42. The van der Waals surface area contributed by atoms with Gasteiger partial charge >= 0.3 is 0 Å². The van der Waals surface area contributed by atoms with Gasteiger partial charge in [0.1, 0.15) is 5.84 Å². The second-order valence-corrected chi connectivity index (χ2v) is 4.94. The molecule has 0 saturated heterocycles. The number of nitrogen functional groups attached to an aromatic ring is 1. The van der Waals surface area contributed by atoms with Gasteiger partial charge in [-0.05, 0) is 28.3 Å². The molecular formula is C19H16N2. The van der Waals surface area contributed by atoms with Gasteiger partial charge in [0, 0.05) is 5.56 Å². The average molecular weight is 272 g/mol. The van der Waals surface area contributed by atoms with E-state index < -0.39 is 0 Å². The standard InChI is InChI=1S/C19H16N2/c20-19(21)16-11-9-15(10-12-16)18-8-4-7-17(13-18)14-5-2-1-3-6-14/h1-13H,(H3,20,21). The summed E-state index contributed by atoms with van der Waals surface area (Å²) in [5.74, 6) is 0.0968. The molecule has 3 N–H and O–H groups in total. The number of rotatable bonds is 3. The van der Waals surface area contributed by atoms with Crippen molar-refractivity contribution in [3.63, 3.8) is 0 Å². The Labute approximate surface area is 124 Å². The maximum atomic E-state index is 7.43. The zero-order valence-corrected chi connectivity index (χ0v) is 11.6. The highest BCUT2D eigenvalue weighted by molar-refractivity contribution is 5.95. The SMILES string of the molecule is N=C(N)c1ccc(-c2cccc(-c3ccccc3)c2)cc1. The molecule has 0 saturated carbocycles. The maximum Gasteiger partial charge on any atom is 0.122 e. The van der Waals surface area contributed by atoms with Gasteiger partial charge in [0.05, 0.1) is 0 Å². The first-order chi connectivity index (χ1) is 10.2. The molecule has 0 spiro atoms. The van der Waals surface area contributed by atoms with Gasteiger partial charge in [-0.2, -0.15) is 0 Å². The third kappa shape index (κ3) is 2.84. The quantitative estimate of drug-likeness (QED) is 0.542. The monoisotopic (exact) mass is 272 g/mol. The highest BCUT2D eigenvalue weighted by atomic mass is 14.7. The summed E-state index contributed by atoms with van der Waals surface area (Å²) in [4.78, 5) is 0. The fourth-order valence-electron chi connectivity index (χ4n) is 2.35. The van der Waals surface area contributed by atoms with Gasteiger partial charge in [-0.25, -0.2) is 0 Å². The van der Waals surface area contributed by atoms with E-state index in [2.05, 4.69) is 36.4 Å². The van der Waals surface area contributed by atoms with E-state index in [0.29, 0.717) is 0 Å². The highest BCUT2D eigenvalue weighted by Crippen LogP contribution is 2.26. The number of hydrogen-bond acceptors (Lipinski definition) is 1. The minimum atomic E-state index is 0.0968. The van der Waals surface area contributed by atoms with Crippen molar-refractivity contribution in [3.05, 3.63) is 84.4 Å². The predicted molar refractivity (Wildman–Crippen MR) is 88.3 cm³/mol. The Balaban J connectivity index is 1.98. The van der Waals surface area contributed by atoms with Crippen molar-refractivity contribution in [2.24, 2.45) is 5.73 Å². The van der Waals surface area contributed by atoms with E-state index in [1.54, 1.807) is 0 Å². The summed E-state index contributed by atoms with van der Waals surface area (Å²) in [6.45, 7) is 0. The van der Waals surface area contributed by atoms with Gasteiger partial charge in [0.15, 0.2) is 0 Å². The van der Waals surface area contributed by atoms with E-state index in [0.717, 1.165) is 16.7 Å². The van der Waals surface area contributed by atoms with E-state index >= 15 is 0 Å². The normalized spacial score (nSPS) is 10.3. The average Bonchev–Trinajstić information content (AvgIpc) is 2.56. The van der Waals surface area contributed by atoms with Crippen LogP contribution < -0.4 is 5.73 Å². The molecule has 0 unspecified atom stereocenters. The van der Waals surface area contributed by atoms with Crippen LogP contribution in [0, 0.1) is 5.41 Å². The third-order valence-electron chi connectivity index (χ3n) is 3.50. The molecule has 0 aliphatic heterocycles. The Morgan fingerprint density at radius 1 is 0.619 bits per heavy atom. The van der Waals surface area contributed by atoms with Crippen LogP contribution in [0.25, 0.3) is 22.3 Å². The molecule has 2 nitrogen and oxygen atoms in total. The summed E-state index contributed by atoms with van der Waals surface area (Å²) in [6, 6.07) is 26.5. The molecule has 0 atom stereocenters. The Morgan fingerprint density at radius 3 is 1.71 bits per heavy atom. The van der Waals surface area contributed by atoms with Crippen molar-refractivity contribution in [3.8, 4) is 22.3 Å². The van der Waals surface area contributed by atoms with Crippen LogP contribution in [-0.2, 0) is 0 Å². The fraction of sp³-hybridized carbons (Fsp3) is 0. The minimum Gasteiger partial charge on any atom is -0.384 e. The van der Waals surface area contributed by atoms with Gasteiger partial charge in [0.2, 0.25) is 0 Å². The highest BCUT2D eigenvalue weighted by Gasteiger charge is 2.02. The Bertz CT molecular complexity index is 759. The first-order valence-electron chi connectivity index (χ1n) is 6.84. The van der Waals surface area contributed by atoms with Crippen molar-refractivity contribution >= 4 is 5.84 Å². The summed E-state index contributed by atoms with van der Waals surface area (Å²) in [7, 11) is 0. The Kier molecular flexibility index (Phi) is 3.52. The molecule has 2 heteroatoms. The maximum absolute atomic E-state index is 7.43. The van der Waals surface area contributed by atoms with Gasteiger partial charge in [-0.15, -0.1) is 0 Å². The van der Waals surface area contributed by atoms with Gasteiger partial charge in [-0.3, -0.25) is 5.41 Å². The number of benzene rings is 3. The van der Waals surface area contributed by atoms with Crippen LogP contribution in [0.3, 0.4) is 0 Å². The second kappa shape index (κ2) is 5.63. The van der Waals surface area contributed by atoms with Crippen LogP contribution >= 0.6 is 0 Å². The van der Waals surface area contributed by atoms with Crippen LogP contribution in [0.1, 0.15) is 5.56 Å². The lowest BCUT2D eigenvalue weighted by Gasteiger charge is -2.07. The smallest absolute Gasteiger partial charge is 0.122 e. The van der Waals surface area contributed by atoms with E-state index in [1.165, 1.54) is 11.1 Å².